The molecule has 0 aliphatic rings. The summed E-state index contributed by atoms with van der Waals surface area (Å²) in [6.07, 6.45) is 1.14. The molecule has 0 aromatic heterocycles. The largest absolute Gasteiger partial charge is 0.409 e. The standard InChI is InChI=1S/C9H19N3O2/c1-4-7(5-8(10)12-14)11-9(13)6(2)3/h6-7,14H,4-5H2,1-3H3,(H2,10,12)(H,11,13). The van der Waals surface area contributed by atoms with Crippen molar-refractivity contribution in [1.29, 1.82) is 0 Å². The van der Waals surface area contributed by atoms with Crippen molar-refractivity contribution in [3.8, 4) is 0 Å². The summed E-state index contributed by atoms with van der Waals surface area (Å²) < 4.78 is 0. The topological polar surface area (TPSA) is 87.7 Å². The van der Waals surface area contributed by atoms with Crippen LogP contribution in [0.2, 0.25) is 0 Å². The number of amides is 1. The fraction of sp³-hybridized carbons (Fsp3) is 0.778. The van der Waals surface area contributed by atoms with Crippen LogP contribution in [-0.2, 0) is 4.79 Å². The van der Waals surface area contributed by atoms with Crippen LogP contribution in [0.3, 0.4) is 0 Å². The number of carbonyl (C=O) groups excluding carboxylic acids is 1. The molecule has 0 fully saturated rings. The van der Waals surface area contributed by atoms with E-state index < -0.39 is 0 Å². The van der Waals surface area contributed by atoms with Gasteiger partial charge in [-0.15, -0.1) is 0 Å². The Kier molecular flexibility index (Phi) is 5.67. The van der Waals surface area contributed by atoms with Crippen LogP contribution < -0.4 is 11.1 Å². The van der Waals surface area contributed by atoms with Crippen molar-refractivity contribution in [3.05, 3.63) is 0 Å². The van der Waals surface area contributed by atoms with E-state index in [9.17, 15) is 4.79 Å². The third-order valence-corrected chi connectivity index (χ3v) is 1.95. The highest BCUT2D eigenvalue weighted by atomic mass is 16.4. The summed E-state index contributed by atoms with van der Waals surface area (Å²) >= 11 is 0. The second-order valence-electron chi connectivity index (χ2n) is 3.56. The Balaban J connectivity index is 4.10. The summed E-state index contributed by atoms with van der Waals surface area (Å²) in [4.78, 5) is 11.3. The Hall–Kier alpha value is -1.26. The van der Waals surface area contributed by atoms with Gasteiger partial charge in [0.1, 0.15) is 5.84 Å². The number of nitrogens with one attached hydrogen (secondary N) is 1. The third-order valence-electron chi connectivity index (χ3n) is 1.95. The molecule has 0 saturated carbocycles. The number of hydrogen-bond acceptors (Lipinski definition) is 3. The quantitative estimate of drug-likeness (QED) is 0.264. The maximum atomic E-state index is 11.3. The lowest BCUT2D eigenvalue weighted by Crippen LogP contribution is -2.39. The highest BCUT2D eigenvalue weighted by Gasteiger charge is 2.14. The molecule has 5 heteroatoms. The molecule has 4 N–H and O–H groups in total. The molecular formula is C9H19N3O2. The molecule has 5 nitrogen and oxygen atoms in total. The number of hydrogen-bond donors (Lipinski definition) is 3. The van der Waals surface area contributed by atoms with Crippen LogP contribution in [0.5, 0.6) is 0 Å². The zero-order chi connectivity index (χ0) is 11.1. The molecule has 82 valence electrons. The fourth-order valence-electron chi connectivity index (χ4n) is 0.959. The lowest BCUT2D eigenvalue weighted by Gasteiger charge is -2.17. The van der Waals surface area contributed by atoms with Crippen LogP contribution in [0.4, 0.5) is 0 Å². The van der Waals surface area contributed by atoms with E-state index in [0.717, 1.165) is 6.42 Å². The Morgan fingerprint density at radius 2 is 2.14 bits per heavy atom. The van der Waals surface area contributed by atoms with Crippen molar-refractivity contribution in [2.24, 2.45) is 16.8 Å². The van der Waals surface area contributed by atoms with Gasteiger partial charge in [-0.25, -0.2) is 0 Å². The summed E-state index contributed by atoms with van der Waals surface area (Å²) in [6.45, 7) is 5.59. The van der Waals surface area contributed by atoms with E-state index in [1.807, 2.05) is 20.8 Å². The van der Waals surface area contributed by atoms with E-state index in [1.54, 1.807) is 0 Å². The first-order valence-corrected chi connectivity index (χ1v) is 4.78. The molecular weight excluding hydrogens is 182 g/mol. The molecule has 0 bridgehead atoms. The Labute approximate surface area is 84.4 Å². The van der Waals surface area contributed by atoms with Crippen molar-refractivity contribution >= 4 is 11.7 Å². The molecule has 0 aromatic rings. The Morgan fingerprint density at radius 1 is 1.57 bits per heavy atom. The maximum absolute atomic E-state index is 11.3. The predicted molar refractivity (Wildman–Crippen MR) is 55.1 cm³/mol. The molecule has 14 heavy (non-hydrogen) atoms. The van der Waals surface area contributed by atoms with Crippen LogP contribution in [0.25, 0.3) is 0 Å². The molecule has 0 radical (unpaired) electrons. The van der Waals surface area contributed by atoms with E-state index >= 15 is 0 Å². The van der Waals surface area contributed by atoms with Crippen LogP contribution in [-0.4, -0.2) is 23.0 Å². The number of nitrogens with zero attached hydrogens (tertiary/aromatic N) is 1. The average Bonchev–Trinajstić information content (AvgIpc) is 2.16. The summed E-state index contributed by atoms with van der Waals surface area (Å²) in [5.41, 5.74) is 5.35. The molecule has 0 saturated heterocycles. The van der Waals surface area contributed by atoms with Crippen molar-refractivity contribution in [3.63, 3.8) is 0 Å². The molecule has 0 aliphatic carbocycles. The second-order valence-corrected chi connectivity index (χ2v) is 3.56. The van der Waals surface area contributed by atoms with Gasteiger partial charge in [0.05, 0.1) is 0 Å². The molecule has 0 rings (SSSR count). The number of oxime groups is 1. The number of rotatable bonds is 5. The molecule has 0 aliphatic heterocycles. The smallest absolute Gasteiger partial charge is 0.222 e. The van der Waals surface area contributed by atoms with Gasteiger partial charge in [-0.1, -0.05) is 25.9 Å². The number of amidine groups is 1. The average molecular weight is 201 g/mol. The second kappa shape index (κ2) is 6.23. The lowest BCUT2D eigenvalue weighted by atomic mass is 10.1. The predicted octanol–water partition coefficient (Wildman–Crippen LogP) is 0.674. The molecule has 0 spiro atoms. The van der Waals surface area contributed by atoms with Crippen molar-refractivity contribution in [2.75, 3.05) is 0 Å². The Bertz CT molecular complexity index is 214. The SMILES string of the molecule is CCC(CC(N)=NO)NC(=O)C(C)C. The first kappa shape index (κ1) is 12.7. The first-order chi connectivity index (χ1) is 6.51. The van der Waals surface area contributed by atoms with Crippen molar-refractivity contribution < 1.29 is 10.0 Å². The van der Waals surface area contributed by atoms with Crippen molar-refractivity contribution in [1.82, 2.24) is 5.32 Å². The zero-order valence-corrected chi connectivity index (χ0v) is 8.95. The number of carbonyl (C=O) groups is 1. The van der Waals surface area contributed by atoms with E-state index in [-0.39, 0.29) is 23.7 Å². The van der Waals surface area contributed by atoms with E-state index in [1.165, 1.54) is 0 Å². The molecule has 0 aromatic carbocycles. The van der Waals surface area contributed by atoms with Crippen LogP contribution in [0.15, 0.2) is 5.16 Å². The monoisotopic (exact) mass is 201 g/mol. The molecule has 1 amide bonds. The number of nitrogens with two attached hydrogens (primary N) is 1. The summed E-state index contributed by atoms with van der Waals surface area (Å²) in [5.74, 6) is 0.0832. The minimum atomic E-state index is -0.0548. The van der Waals surface area contributed by atoms with Crippen molar-refractivity contribution in [2.45, 2.75) is 39.7 Å². The van der Waals surface area contributed by atoms with Gasteiger partial charge < -0.3 is 16.3 Å². The van der Waals surface area contributed by atoms with Crippen LogP contribution >= 0.6 is 0 Å². The van der Waals surface area contributed by atoms with E-state index in [0.29, 0.717) is 6.42 Å². The van der Waals surface area contributed by atoms with Gasteiger partial charge in [0.15, 0.2) is 0 Å². The highest BCUT2D eigenvalue weighted by molar-refractivity contribution is 5.82. The van der Waals surface area contributed by atoms with Gasteiger partial charge >= 0.3 is 0 Å². The fourth-order valence-corrected chi connectivity index (χ4v) is 0.959. The lowest BCUT2D eigenvalue weighted by molar-refractivity contribution is -0.124. The van der Waals surface area contributed by atoms with Gasteiger partial charge in [0.2, 0.25) is 5.91 Å². The van der Waals surface area contributed by atoms with Gasteiger partial charge in [0.25, 0.3) is 0 Å². The summed E-state index contributed by atoms with van der Waals surface area (Å²) in [5, 5.41) is 14.1. The zero-order valence-electron chi connectivity index (χ0n) is 8.95. The summed E-state index contributed by atoms with van der Waals surface area (Å²) in [7, 11) is 0. The minimum absolute atomic E-state index is 0.0115. The van der Waals surface area contributed by atoms with Gasteiger partial charge in [0, 0.05) is 18.4 Å². The van der Waals surface area contributed by atoms with Crippen LogP contribution in [0, 0.1) is 5.92 Å². The summed E-state index contributed by atoms with van der Waals surface area (Å²) in [6, 6.07) is -0.0548. The van der Waals surface area contributed by atoms with Crippen LogP contribution in [0.1, 0.15) is 33.6 Å². The van der Waals surface area contributed by atoms with Gasteiger partial charge in [-0.05, 0) is 6.42 Å². The van der Waals surface area contributed by atoms with E-state index in [4.69, 9.17) is 10.9 Å². The van der Waals surface area contributed by atoms with E-state index in [2.05, 4.69) is 10.5 Å². The Morgan fingerprint density at radius 3 is 2.50 bits per heavy atom. The minimum Gasteiger partial charge on any atom is -0.409 e. The normalized spacial score (nSPS) is 14.1. The first-order valence-electron chi connectivity index (χ1n) is 4.78. The van der Waals surface area contributed by atoms with Gasteiger partial charge in [-0.3, -0.25) is 4.79 Å². The molecule has 1 unspecified atom stereocenters. The van der Waals surface area contributed by atoms with Gasteiger partial charge in [-0.2, -0.15) is 0 Å². The molecule has 1 atom stereocenters. The third kappa shape index (κ3) is 4.69. The highest BCUT2D eigenvalue weighted by Crippen LogP contribution is 2.00. The molecule has 0 heterocycles. The maximum Gasteiger partial charge on any atom is 0.222 e.